The van der Waals surface area contributed by atoms with Gasteiger partial charge in [-0.1, -0.05) is 76.9 Å². The minimum atomic E-state index is -1.60. The molecule has 2 fully saturated rings. The van der Waals surface area contributed by atoms with Crippen molar-refractivity contribution in [3.63, 3.8) is 0 Å². The molecule has 15 heteroatoms. The van der Waals surface area contributed by atoms with Gasteiger partial charge in [-0.25, -0.2) is 9.59 Å². The lowest BCUT2D eigenvalue weighted by Crippen LogP contribution is -2.60. The summed E-state index contributed by atoms with van der Waals surface area (Å²) in [4.78, 5) is 57.0. The Labute approximate surface area is 339 Å². The van der Waals surface area contributed by atoms with E-state index in [0.29, 0.717) is 30.1 Å². The monoisotopic (exact) mass is 822 g/mol. The van der Waals surface area contributed by atoms with E-state index in [9.17, 15) is 24.3 Å². The molecule has 55 heavy (non-hydrogen) atoms. The number of hydrogen-bond donors (Lipinski definition) is 3. The number of nitrogens with two attached hydrogens (primary N) is 1. The molecule has 3 amide bonds. The SMILES string of the molecule is C/C1=C\C=C\C(C)C2(O)CC(OC(=O)N2)C(C)C2OC2(C)C(OC(=O)C(C)N(C)C(=O)CCC(C)(C)SSCCN)CC(=O)N(C)c2cc(cc(C)c2Cl)C1. The highest BCUT2D eigenvalue weighted by molar-refractivity contribution is 8.77. The highest BCUT2D eigenvalue weighted by Crippen LogP contribution is 2.49. The van der Waals surface area contributed by atoms with Gasteiger partial charge in [-0.2, -0.15) is 0 Å². The molecule has 1 aromatic carbocycles. The van der Waals surface area contributed by atoms with Crippen LogP contribution >= 0.6 is 33.2 Å². The lowest BCUT2D eigenvalue weighted by Gasteiger charge is -2.41. The van der Waals surface area contributed by atoms with Crippen LogP contribution in [0.2, 0.25) is 5.02 Å². The first-order valence-corrected chi connectivity index (χ1v) is 21.6. The number of esters is 1. The van der Waals surface area contributed by atoms with Crippen molar-refractivity contribution < 1.29 is 38.5 Å². The number of carbonyl (C=O) groups excluding carboxylic acids is 4. The summed E-state index contributed by atoms with van der Waals surface area (Å²) in [5, 5.41) is 14.7. The Morgan fingerprint density at radius 3 is 2.62 bits per heavy atom. The van der Waals surface area contributed by atoms with Gasteiger partial charge in [0.1, 0.15) is 29.6 Å². The highest BCUT2D eigenvalue weighted by atomic mass is 35.5. The van der Waals surface area contributed by atoms with Gasteiger partial charge in [0.25, 0.3) is 0 Å². The normalized spacial score (nSPS) is 30.9. The van der Waals surface area contributed by atoms with Crippen molar-refractivity contribution in [3.8, 4) is 0 Å². The molecule has 4 bridgehead atoms. The Balaban J connectivity index is 1.64. The number of ether oxygens (including phenoxy) is 3. The van der Waals surface area contributed by atoms with Crippen LogP contribution in [-0.2, 0) is 35.0 Å². The number of halogens is 1. The summed E-state index contributed by atoms with van der Waals surface area (Å²) < 4.78 is 18.0. The standard InChI is InChI=1S/C40H59ClN4O8S2/c1-23-12-11-13-25(3)40(50)22-30(51-37(49)43-40)26(4)35-39(8,53-35)31(21-33(47)45(10)29-20-28(18-23)19-24(2)34(29)41)52-36(48)27(5)44(9)32(46)14-15-38(6,7)55-54-17-16-42/h11-13,19-20,25-27,30-31,35,50H,14-18,21-22,42H2,1-10H3,(H,43,49)/b13-11+,23-12+. The molecule has 0 aromatic heterocycles. The molecule has 2 saturated heterocycles. The summed E-state index contributed by atoms with van der Waals surface area (Å²) in [6.07, 6.45) is 3.67. The minimum Gasteiger partial charge on any atom is -0.457 e. The molecule has 0 radical (unpaired) electrons. The van der Waals surface area contributed by atoms with Gasteiger partial charge in [-0.05, 0) is 71.6 Å². The predicted octanol–water partition coefficient (Wildman–Crippen LogP) is 6.33. The molecule has 3 aliphatic heterocycles. The van der Waals surface area contributed by atoms with Gasteiger partial charge in [0.2, 0.25) is 11.8 Å². The fraction of sp³-hybridized carbons (Fsp3) is 0.650. The van der Waals surface area contributed by atoms with Crippen molar-refractivity contribution in [2.75, 3.05) is 31.3 Å². The molecule has 4 rings (SSSR count). The second-order valence-corrected chi connectivity index (χ2v) is 19.6. The molecule has 0 saturated carbocycles. The number of nitrogens with zero attached hydrogens (tertiary/aromatic N) is 2. The quantitative estimate of drug-likeness (QED) is 0.105. The number of likely N-dealkylation sites (N-methyl/N-ethyl adjacent to an activating group) is 1. The van der Waals surface area contributed by atoms with Crippen molar-refractivity contribution in [1.29, 1.82) is 0 Å². The molecular formula is C40H59ClN4O8S2. The maximum atomic E-state index is 14.2. The zero-order valence-electron chi connectivity index (χ0n) is 33.8. The number of benzene rings is 1. The van der Waals surface area contributed by atoms with Crippen LogP contribution in [0.25, 0.3) is 0 Å². The molecule has 0 spiro atoms. The lowest BCUT2D eigenvalue weighted by atomic mass is 9.82. The van der Waals surface area contributed by atoms with E-state index in [4.69, 9.17) is 31.5 Å². The van der Waals surface area contributed by atoms with Crippen LogP contribution in [0.4, 0.5) is 10.5 Å². The molecule has 8 atom stereocenters. The first-order valence-electron chi connectivity index (χ1n) is 18.9. The summed E-state index contributed by atoms with van der Waals surface area (Å²) in [6, 6.07) is 2.90. The van der Waals surface area contributed by atoms with Gasteiger partial charge >= 0.3 is 12.1 Å². The second kappa shape index (κ2) is 18.2. The van der Waals surface area contributed by atoms with Crippen molar-refractivity contribution in [3.05, 3.63) is 52.1 Å². The number of amides is 3. The number of epoxide rings is 1. The maximum Gasteiger partial charge on any atom is 0.409 e. The molecule has 3 heterocycles. The van der Waals surface area contributed by atoms with E-state index in [2.05, 4.69) is 19.2 Å². The van der Waals surface area contributed by atoms with Crippen LogP contribution in [-0.4, -0.2) is 101 Å². The Bertz CT molecular complexity index is 1670. The highest BCUT2D eigenvalue weighted by Gasteiger charge is 2.64. The number of hydrogen-bond acceptors (Lipinski definition) is 11. The summed E-state index contributed by atoms with van der Waals surface area (Å²) >= 11 is 6.79. The van der Waals surface area contributed by atoms with Gasteiger partial charge in [-0.3, -0.25) is 14.9 Å². The maximum absolute atomic E-state index is 14.2. The third kappa shape index (κ3) is 11.0. The number of allylic oxidation sites excluding steroid dienone is 3. The Hall–Kier alpha value is -2.75. The van der Waals surface area contributed by atoms with Crippen LogP contribution in [0, 0.1) is 18.8 Å². The van der Waals surface area contributed by atoms with Gasteiger partial charge in [-0.15, -0.1) is 0 Å². The molecule has 3 aliphatic rings. The van der Waals surface area contributed by atoms with Crippen molar-refractivity contribution in [2.45, 2.75) is 128 Å². The summed E-state index contributed by atoms with van der Waals surface area (Å²) in [5.41, 5.74) is 6.14. The van der Waals surface area contributed by atoms with E-state index < -0.39 is 59.6 Å². The number of aryl methyl sites for hydroxylation is 1. The summed E-state index contributed by atoms with van der Waals surface area (Å²) in [5.74, 6) is -1.39. The smallest absolute Gasteiger partial charge is 0.409 e. The van der Waals surface area contributed by atoms with Crippen LogP contribution in [0.15, 0.2) is 35.9 Å². The number of carbonyl (C=O) groups is 4. The Morgan fingerprint density at radius 2 is 1.95 bits per heavy atom. The van der Waals surface area contributed by atoms with Crippen LogP contribution < -0.4 is 16.0 Å². The van der Waals surface area contributed by atoms with E-state index in [1.807, 2.05) is 58.1 Å². The molecule has 8 unspecified atom stereocenters. The number of aliphatic hydroxyl groups is 1. The van der Waals surface area contributed by atoms with E-state index in [1.165, 1.54) is 9.80 Å². The van der Waals surface area contributed by atoms with Crippen molar-refractivity contribution in [1.82, 2.24) is 10.2 Å². The zero-order chi connectivity index (χ0) is 41.0. The Kier molecular flexibility index (Phi) is 14.9. The van der Waals surface area contributed by atoms with Crippen molar-refractivity contribution in [2.24, 2.45) is 17.6 Å². The second-order valence-electron chi connectivity index (χ2n) is 16.1. The molecule has 1 aromatic rings. The van der Waals surface area contributed by atoms with Crippen LogP contribution in [0.5, 0.6) is 0 Å². The zero-order valence-corrected chi connectivity index (χ0v) is 36.2. The van der Waals surface area contributed by atoms with E-state index in [0.717, 1.165) is 22.5 Å². The first kappa shape index (κ1) is 45.0. The molecule has 0 aliphatic carbocycles. The largest absolute Gasteiger partial charge is 0.457 e. The number of nitrogens with one attached hydrogen (secondary N) is 1. The van der Waals surface area contributed by atoms with Gasteiger partial charge in [0.15, 0.2) is 0 Å². The van der Waals surface area contributed by atoms with Gasteiger partial charge < -0.3 is 34.9 Å². The number of alkyl carbamates (subject to hydrolysis) is 1. The van der Waals surface area contributed by atoms with E-state index >= 15 is 0 Å². The molecule has 4 N–H and O–H groups in total. The average molecular weight is 824 g/mol. The Morgan fingerprint density at radius 1 is 1.25 bits per heavy atom. The number of anilines is 1. The average Bonchev–Trinajstić information content (AvgIpc) is 3.81. The van der Waals surface area contributed by atoms with Crippen molar-refractivity contribution >= 4 is 62.8 Å². The number of fused-ring (bicyclic) bond motifs is 5. The van der Waals surface area contributed by atoms with Crippen LogP contribution in [0.1, 0.15) is 85.3 Å². The van der Waals surface area contributed by atoms with Gasteiger partial charge in [0.05, 0.1) is 23.2 Å². The van der Waals surface area contributed by atoms with E-state index in [-0.39, 0.29) is 35.8 Å². The molecule has 12 nitrogen and oxygen atoms in total. The van der Waals surface area contributed by atoms with E-state index in [1.54, 1.807) is 49.5 Å². The topological polar surface area (TPSA) is 164 Å². The third-order valence-corrected chi connectivity index (χ3v) is 15.0. The summed E-state index contributed by atoms with van der Waals surface area (Å²) in [6.45, 7) is 15.6. The number of rotatable bonds is 10. The lowest BCUT2D eigenvalue weighted by molar-refractivity contribution is -0.162. The molecule has 306 valence electrons. The third-order valence-electron chi connectivity index (χ3n) is 11.1. The predicted molar refractivity (Wildman–Crippen MR) is 220 cm³/mol. The minimum absolute atomic E-state index is 0.0742. The fourth-order valence-corrected chi connectivity index (χ4v) is 9.70. The summed E-state index contributed by atoms with van der Waals surface area (Å²) in [7, 11) is 6.56. The van der Waals surface area contributed by atoms with Gasteiger partial charge in [0, 0.05) is 55.8 Å². The first-order chi connectivity index (χ1) is 25.6. The van der Waals surface area contributed by atoms with Crippen LogP contribution in [0.3, 0.4) is 0 Å². The fourth-order valence-electron chi connectivity index (χ4n) is 7.04. The molecular weight excluding hydrogens is 764 g/mol.